The first-order chi connectivity index (χ1) is 8.65. The van der Waals surface area contributed by atoms with Crippen molar-refractivity contribution in [2.45, 2.75) is 13.2 Å². The van der Waals surface area contributed by atoms with Gasteiger partial charge in [0.2, 0.25) is 0 Å². The number of nitrogens with zero attached hydrogens (tertiary/aromatic N) is 2. The summed E-state index contributed by atoms with van der Waals surface area (Å²) in [6.07, 6.45) is 0. The highest BCUT2D eigenvalue weighted by molar-refractivity contribution is 14.0. The zero-order chi connectivity index (χ0) is 13.0. The van der Waals surface area contributed by atoms with Crippen LogP contribution in [0.5, 0.6) is 5.75 Å². The molecular formula is C12H16F2IN3O. The van der Waals surface area contributed by atoms with E-state index >= 15 is 0 Å². The van der Waals surface area contributed by atoms with Crippen LogP contribution in [0.4, 0.5) is 8.78 Å². The van der Waals surface area contributed by atoms with Gasteiger partial charge in [-0.2, -0.15) is 8.78 Å². The van der Waals surface area contributed by atoms with E-state index in [-0.39, 0.29) is 29.7 Å². The number of guanidine groups is 1. The van der Waals surface area contributed by atoms with E-state index in [4.69, 9.17) is 0 Å². The highest BCUT2D eigenvalue weighted by atomic mass is 127. The molecule has 4 nitrogen and oxygen atoms in total. The third-order valence-electron chi connectivity index (χ3n) is 2.66. The summed E-state index contributed by atoms with van der Waals surface area (Å²) in [5.74, 6) is 1.03. The Morgan fingerprint density at radius 3 is 2.58 bits per heavy atom. The van der Waals surface area contributed by atoms with E-state index in [2.05, 4.69) is 15.0 Å². The second-order valence-electron chi connectivity index (χ2n) is 4.00. The lowest BCUT2D eigenvalue weighted by atomic mass is 10.2. The maximum atomic E-state index is 12.0. The average molecular weight is 383 g/mol. The van der Waals surface area contributed by atoms with Crippen LogP contribution < -0.4 is 10.1 Å². The number of aliphatic imine (C=N–C) groups is 1. The molecule has 1 aromatic rings. The van der Waals surface area contributed by atoms with Crippen LogP contribution >= 0.6 is 24.0 Å². The first-order valence-corrected chi connectivity index (χ1v) is 5.68. The Hall–Kier alpha value is -1.12. The van der Waals surface area contributed by atoms with E-state index in [1.165, 1.54) is 12.1 Å². The van der Waals surface area contributed by atoms with Crippen molar-refractivity contribution in [1.82, 2.24) is 10.2 Å². The summed E-state index contributed by atoms with van der Waals surface area (Å²) in [6, 6.07) is 6.56. The lowest BCUT2D eigenvalue weighted by Crippen LogP contribution is -2.35. The van der Waals surface area contributed by atoms with E-state index in [0.717, 1.165) is 24.6 Å². The Labute approximate surface area is 127 Å². The molecular weight excluding hydrogens is 367 g/mol. The summed E-state index contributed by atoms with van der Waals surface area (Å²) in [6.45, 7) is -0.447. The Kier molecular flexibility index (Phi) is 6.26. The van der Waals surface area contributed by atoms with Crippen LogP contribution in [0.3, 0.4) is 0 Å². The predicted octanol–water partition coefficient (Wildman–Crippen LogP) is 2.30. The molecule has 0 radical (unpaired) electrons. The molecule has 0 bridgehead atoms. The van der Waals surface area contributed by atoms with E-state index in [1.807, 2.05) is 11.9 Å². The Bertz CT molecular complexity index is 425. The van der Waals surface area contributed by atoms with E-state index in [1.54, 1.807) is 12.1 Å². The number of halogens is 3. The standard InChI is InChI=1S/C12H15F2N3O.HI/c1-17-7-6-15-12(17)16-8-9-2-4-10(5-3-9)18-11(13)14;/h2-5,11H,6-8H2,1H3,(H,15,16);1H. The normalized spacial score (nSPS) is 14.1. The van der Waals surface area contributed by atoms with Crippen molar-refractivity contribution in [2.24, 2.45) is 4.99 Å². The lowest BCUT2D eigenvalue weighted by Gasteiger charge is -2.15. The molecule has 2 rings (SSSR count). The van der Waals surface area contributed by atoms with Gasteiger partial charge in [0, 0.05) is 20.1 Å². The zero-order valence-corrected chi connectivity index (χ0v) is 12.8. The summed E-state index contributed by atoms with van der Waals surface area (Å²) in [5, 5.41) is 3.19. The molecule has 0 saturated carbocycles. The molecule has 0 atom stereocenters. The second kappa shape index (κ2) is 7.46. The van der Waals surface area contributed by atoms with E-state index in [0.29, 0.717) is 6.54 Å². The number of likely N-dealkylation sites (N-methyl/N-ethyl adjacent to an activating group) is 1. The van der Waals surface area contributed by atoms with Gasteiger partial charge in [0.25, 0.3) is 0 Å². The molecule has 0 fully saturated rings. The molecule has 0 spiro atoms. The van der Waals surface area contributed by atoms with Crippen LogP contribution in [-0.4, -0.2) is 37.6 Å². The maximum absolute atomic E-state index is 12.0. The minimum Gasteiger partial charge on any atom is -0.435 e. The van der Waals surface area contributed by atoms with Crippen LogP contribution in [0.15, 0.2) is 29.3 Å². The van der Waals surface area contributed by atoms with Crippen LogP contribution in [0.2, 0.25) is 0 Å². The van der Waals surface area contributed by atoms with Crippen LogP contribution in [0.1, 0.15) is 5.56 Å². The highest BCUT2D eigenvalue weighted by Crippen LogP contribution is 2.14. The molecule has 106 valence electrons. The summed E-state index contributed by atoms with van der Waals surface area (Å²) in [7, 11) is 1.97. The molecule has 0 saturated heterocycles. The Balaban J connectivity index is 0.00000180. The van der Waals surface area contributed by atoms with Crippen molar-refractivity contribution >= 4 is 29.9 Å². The maximum Gasteiger partial charge on any atom is 0.387 e. The van der Waals surface area contributed by atoms with Gasteiger partial charge in [0.15, 0.2) is 5.96 Å². The van der Waals surface area contributed by atoms with Crippen molar-refractivity contribution < 1.29 is 13.5 Å². The van der Waals surface area contributed by atoms with Gasteiger partial charge >= 0.3 is 6.61 Å². The molecule has 0 aliphatic carbocycles. The second-order valence-corrected chi connectivity index (χ2v) is 4.00. The van der Waals surface area contributed by atoms with Gasteiger partial charge in [-0.1, -0.05) is 12.1 Å². The lowest BCUT2D eigenvalue weighted by molar-refractivity contribution is -0.0498. The topological polar surface area (TPSA) is 36.9 Å². The minimum atomic E-state index is -2.78. The minimum absolute atomic E-state index is 0. The van der Waals surface area contributed by atoms with Crippen molar-refractivity contribution in [3.8, 4) is 5.75 Å². The van der Waals surface area contributed by atoms with Gasteiger partial charge in [-0.25, -0.2) is 0 Å². The molecule has 0 aromatic heterocycles. The smallest absolute Gasteiger partial charge is 0.387 e. The molecule has 0 unspecified atom stereocenters. The number of rotatable bonds is 4. The first kappa shape index (κ1) is 15.9. The summed E-state index contributed by atoms with van der Waals surface area (Å²) in [4.78, 5) is 6.33. The fourth-order valence-corrected chi connectivity index (χ4v) is 1.69. The molecule has 1 aliphatic rings. The predicted molar refractivity (Wildman–Crippen MR) is 80.3 cm³/mol. The Morgan fingerprint density at radius 2 is 2.05 bits per heavy atom. The van der Waals surface area contributed by atoms with Gasteiger partial charge in [-0.05, 0) is 17.7 Å². The number of alkyl halides is 2. The van der Waals surface area contributed by atoms with E-state index < -0.39 is 6.61 Å². The Morgan fingerprint density at radius 1 is 1.37 bits per heavy atom. The fraction of sp³-hybridized carbons (Fsp3) is 0.417. The summed E-state index contributed by atoms with van der Waals surface area (Å²) >= 11 is 0. The molecule has 1 N–H and O–H groups in total. The van der Waals surface area contributed by atoms with Crippen LogP contribution in [0.25, 0.3) is 0 Å². The van der Waals surface area contributed by atoms with E-state index in [9.17, 15) is 8.78 Å². The quantitative estimate of drug-likeness (QED) is 0.811. The van der Waals surface area contributed by atoms with Crippen LogP contribution in [0, 0.1) is 0 Å². The monoisotopic (exact) mass is 383 g/mol. The van der Waals surface area contributed by atoms with Crippen molar-refractivity contribution in [3.63, 3.8) is 0 Å². The fourth-order valence-electron chi connectivity index (χ4n) is 1.69. The molecule has 1 aliphatic heterocycles. The van der Waals surface area contributed by atoms with Gasteiger partial charge < -0.3 is 15.0 Å². The number of hydrogen-bond acceptors (Lipinski definition) is 4. The van der Waals surface area contributed by atoms with Crippen molar-refractivity contribution in [2.75, 3.05) is 20.1 Å². The number of nitrogens with one attached hydrogen (secondary N) is 1. The highest BCUT2D eigenvalue weighted by Gasteiger charge is 2.11. The van der Waals surface area contributed by atoms with Crippen molar-refractivity contribution in [3.05, 3.63) is 29.8 Å². The van der Waals surface area contributed by atoms with Crippen molar-refractivity contribution in [1.29, 1.82) is 0 Å². The molecule has 0 amide bonds. The van der Waals surface area contributed by atoms with Gasteiger partial charge in [0.1, 0.15) is 5.75 Å². The molecule has 1 aromatic carbocycles. The third-order valence-corrected chi connectivity index (χ3v) is 2.66. The molecule has 1 heterocycles. The average Bonchev–Trinajstić information content (AvgIpc) is 2.73. The van der Waals surface area contributed by atoms with Gasteiger partial charge in [0.05, 0.1) is 6.54 Å². The zero-order valence-electron chi connectivity index (χ0n) is 10.5. The van der Waals surface area contributed by atoms with Gasteiger partial charge in [-0.15, -0.1) is 24.0 Å². The number of ether oxygens (including phenoxy) is 1. The van der Waals surface area contributed by atoms with Crippen LogP contribution in [-0.2, 0) is 6.54 Å². The SMILES string of the molecule is CN1CCN=C1NCc1ccc(OC(F)F)cc1.I. The van der Waals surface area contributed by atoms with Gasteiger partial charge in [-0.3, -0.25) is 4.99 Å². The molecule has 19 heavy (non-hydrogen) atoms. The number of hydrogen-bond donors (Lipinski definition) is 1. The number of benzene rings is 1. The largest absolute Gasteiger partial charge is 0.435 e. The summed E-state index contributed by atoms with van der Waals surface area (Å²) in [5.41, 5.74) is 0.986. The summed E-state index contributed by atoms with van der Waals surface area (Å²) < 4.78 is 28.2. The molecule has 7 heteroatoms. The third kappa shape index (κ3) is 4.81. The first-order valence-electron chi connectivity index (χ1n) is 5.68.